The summed E-state index contributed by atoms with van der Waals surface area (Å²) >= 11 is 0. The van der Waals surface area contributed by atoms with Crippen molar-refractivity contribution in [3.8, 4) is 0 Å². The molecule has 8 heteroatoms. The van der Waals surface area contributed by atoms with Crippen molar-refractivity contribution in [2.75, 3.05) is 33.2 Å². The molecule has 1 saturated heterocycles. The molecule has 0 N–H and O–H groups in total. The second-order valence-corrected chi connectivity index (χ2v) is 9.66. The second kappa shape index (κ2) is 9.33. The summed E-state index contributed by atoms with van der Waals surface area (Å²) in [7, 11) is 2.62. The monoisotopic (exact) mass is 438 g/mol. The Bertz CT molecular complexity index is 980. The third kappa shape index (κ3) is 4.73. The fourth-order valence-corrected chi connectivity index (χ4v) is 5.33. The first-order valence-corrected chi connectivity index (χ1v) is 11.9. The van der Waals surface area contributed by atoms with Crippen molar-refractivity contribution in [2.24, 2.45) is 4.99 Å². The summed E-state index contributed by atoms with van der Waals surface area (Å²) in [6, 6.07) is 2.11. The highest BCUT2D eigenvalue weighted by molar-refractivity contribution is 7.51. The van der Waals surface area contributed by atoms with Crippen LogP contribution in [-0.2, 0) is 11.2 Å². The van der Waals surface area contributed by atoms with Crippen LogP contribution in [0.3, 0.4) is 0 Å². The van der Waals surface area contributed by atoms with Crippen LogP contribution in [0.4, 0.5) is 0 Å². The van der Waals surface area contributed by atoms with Crippen LogP contribution in [0.5, 0.6) is 0 Å². The summed E-state index contributed by atoms with van der Waals surface area (Å²) in [6.07, 6.45) is 12.0. The molecule has 0 saturated carbocycles. The Labute approximate surface area is 186 Å². The predicted molar refractivity (Wildman–Crippen MR) is 129 cm³/mol. The SMILES string of the molecule is C=N/C(C)=C\n1nc(C2=CC(=O)N3C=C(N4CCN(C)CC4)C=CC3P2)cc1CCC. The van der Waals surface area contributed by atoms with Crippen LogP contribution in [0, 0.1) is 0 Å². The normalized spacial score (nSPS) is 23.1. The first kappa shape index (κ1) is 21.7. The molecule has 1 aromatic rings. The van der Waals surface area contributed by atoms with Gasteiger partial charge in [-0.2, -0.15) is 5.10 Å². The Hall–Kier alpha value is -2.50. The number of aryl methyl sites for hydroxylation is 1. The Morgan fingerprint density at radius 1 is 1.35 bits per heavy atom. The number of aromatic nitrogens is 2. The fraction of sp³-hybridized carbons (Fsp3) is 0.435. The molecular formula is C23H31N6OP. The molecule has 31 heavy (non-hydrogen) atoms. The lowest BCUT2D eigenvalue weighted by Crippen LogP contribution is -2.45. The van der Waals surface area contributed by atoms with E-state index in [2.05, 4.69) is 53.7 Å². The first-order chi connectivity index (χ1) is 15.0. The Morgan fingerprint density at radius 2 is 2.13 bits per heavy atom. The Kier molecular flexibility index (Phi) is 6.54. The number of allylic oxidation sites excluding steroid dienone is 2. The summed E-state index contributed by atoms with van der Waals surface area (Å²) in [6.45, 7) is 11.7. The number of nitrogens with zero attached hydrogens (tertiary/aromatic N) is 6. The molecule has 1 fully saturated rings. The van der Waals surface area contributed by atoms with Crippen LogP contribution in [-0.4, -0.2) is 76.1 Å². The van der Waals surface area contributed by atoms with Crippen molar-refractivity contribution >= 4 is 32.7 Å². The van der Waals surface area contributed by atoms with Crippen LogP contribution in [0.25, 0.3) is 11.5 Å². The highest BCUT2D eigenvalue weighted by Crippen LogP contribution is 2.44. The molecule has 7 nitrogen and oxygen atoms in total. The van der Waals surface area contributed by atoms with E-state index in [4.69, 9.17) is 5.10 Å². The average Bonchev–Trinajstić information content (AvgIpc) is 3.16. The van der Waals surface area contributed by atoms with Gasteiger partial charge in [-0.15, -0.1) is 0 Å². The van der Waals surface area contributed by atoms with Gasteiger partial charge in [0.1, 0.15) is 0 Å². The maximum atomic E-state index is 13.0. The van der Waals surface area contributed by atoms with Gasteiger partial charge in [0.2, 0.25) is 0 Å². The van der Waals surface area contributed by atoms with Gasteiger partial charge in [0.15, 0.2) is 0 Å². The molecule has 1 amide bonds. The van der Waals surface area contributed by atoms with Crippen molar-refractivity contribution in [3.63, 3.8) is 0 Å². The van der Waals surface area contributed by atoms with Gasteiger partial charge in [0.25, 0.3) is 5.91 Å². The number of hydrogen-bond acceptors (Lipinski definition) is 5. The molecule has 164 valence electrons. The van der Waals surface area contributed by atoms with Gasteiger partial charge in [-0.05, 0) is 39.3 Å². The van der Waals surface area contributed by atoms with Gasteiger partial charge in [0.05, 0.1) is 22.9 Å². The van der Waals surface area contributed by atoms with E-state index in [0.717, 1.165) is 67.1 Å². The number of aliphatic imine (C=N–C) groups is 1. The number of hydrogen-bond donors (Lipinski definition) is 0. The van der Waals surface area contributed by atoms with E-state index in [0.29, 0.717) is 8.58 Å². The fourth-order valence-electron chi connectivity index (χ4n) is 4.00. The summed E-state index contributed by atoms with van der Waals surface area (Å²) in [4.78, 5) is 23.6. The third-order valence-corrected chi connectivity index (χ3v) is 7.35. The number of piperazine rings is 1. The van der Waals surface area contributed by atoms with Crippen LogP contribution in [0.2, 0.25) is 0 Å². The molecule has 2 atom stereocenters. The average molecular weight is 439 g/mol. The molecule has 0 aromatic carbocycles. The van der Waals surface area contributed by atoms with E-state index < -0.39 is 0 Å². The van der Waals surface area contributed by atoms with E-state index in [9.17, 15) is 4.79 Å². The molecule has 0 aliphatic carbocycles. The zero-order valence-electron chi connectivity index (χ0n) is 18.6. The maximum Gasteiger partial charge on any atom is 0.252 e. The molecule has 0 bridgehead atoms. The Balaban J connectivity index is 1.56. The van der Waals surface area contributed by atoms with Crippen LogP contribution in [0.15, 0.2) is 46.9 Å². The first-order valence-electron chi connectivity index (χ1n) is 10.9. The molecule has 0 spiro atoms. The number of carbonyl (C=O) groups excluding carboxylic acids is 1. The van der Waals surface area contributed by atoms with Crippen molar-refractivity contribution in [1.29, 1.82) is 0 Å². The Morgan fingerprint density at radius 3 is 2.84 bits per heavy atom. The molecular weight excluding hydrogens is 407 g/mol. The molecule has 2 unspecified atom stereocenters. The molecule has 1 aromatic heterocycles. The molecule has 4 rings (SSSR count). The third-order valence-electron chi connectivity index (χ3n) is 5.87. The van der Waals surface area contributed by atoms with Crippen LogP contribution < -0.4 is 0 Å². The van der Waals surface area contributed by atoms with Gasteiger partial charge in [-0.3, -0.25) is 9.79 Å². The largest absolute Gasteiger partial charge is 0.368 e. The minimum atomic E-state index is 0.0285. The lowest BCUT2D eigenvalue weighted by atomic mass is 10.2. The summed E-state index contributed by atoms with van der Waals surface area (Å²) in [5.41, 5.74) is 3.94. The van der Waals surface area contributed by atoms with Gasteiger partial charge >= 0.3 is 0 Å². The van der Waals surface area contributed by atoms with E-state index in [1.54, 1.807) is 6.08 Å². The van der Waals surface area contributed by atoms with Gasteiger partial charge < -0.3 is 14.7 Å². The zero-order valence-corrected chi connectivity index (χ0v) is 19.6. The van der Waals surface area contributed by atoms with Crippen molar-refractivity contribution < 1.29 is 4.79 Å². The minimum Gasteiger partial charge on any atom is -0.368 e. The van der Waals surface area contributed by atoms with E-state index in [1.165, 1.54) is 0 Å². The smallest absolute Gasteiger partial charge is 0.252 e. The van der Waals surface area contributed by atoms with Crippen molar-refractivity contribution in [2.45, 2.75) is 32.5 Å². The number of amides is 1. The van der Waals surface area contributed by atoms with Crippen molar-refractivity contribution in [3.05, 3.63) is 53.3 Å². The lowest BCUT2D eigenvalue weighted by Gasteiger charge is -2.39. The van der Waals surface area contributed by atoms with Crippen molar-refractivity contribution in [1.82, 2.24) is 24.5 Å². The topological polar surface area (TPSA) is 57.0 Å². The quantitative estimate of drug-likeness (QED) is 0.506. The van der Waals surface area contributed by atoms with Gasteiger partial charge in [0, 0.05) is 55.7 Å². The molecule has 3 aliphatic rings. The minimum absolute atomic E-state index is 0.0285. The highest BCUT2D eigenvalue weighted by atomic mass is 31.1. The lowest BCUT2D eigenvalue weighted by molar-refractivity contribution is -0.123. The zero-order chi connectivity index (χ0) is 22.0. The molecule has 0 radical (unpaired) electrons. The summed E-state index contributed by atoms with van der Waals surface area (Å²) < 4.78 is 1.88. The molecule has 3 aliphatic heterocycles. The number of likely N-dealkylation sites (N-methyl/N-ethyl adjacent to an activating group) is 1. The predicted octanol–water partition coefficient (Wildman–Crippen LogP) is 3.20. The van der Waals surface area contributed by atoms with Gasteiger partial charge in [-0.1, -0.05) is 28.0 Å². The number of fused-ring (bicyclic) bond motifs is 1. The standard InChI is InChI=1S/C23H31N6OP/c1-5-6-18-13-20(25-29(18)15-17(2)24-3)21-14-22(30)28-16-19(7-8-23(28)31-21)27-11-9-26(4)10-12-27/h7-8,13-16,23,31H,3,5-6,9-12H2,1-2,4H3/b17-15-. The number of carbonyl (C=O) groups is 1. The maximum absolute atomic E-state index is 13.0. The number of rotatable bonds is 6. The van der Waals surface area contributed by atoms with E-state index in [1.807, 2.05) is 28.9 Å². The molecule has 4 heterocycles. The van der Waals surface area contributed by atoms with Crippen LogP contribution >= 0.6 is 8.58 Å². The van der Waals surface area contributed by atoms with E-state index >= 15 is 0 Å². The second-order valence-electron chi connectivity index (χ2n) is 8.24. The summed E-state index contributed by atoms with van der Waals surface area (Å²) in [5.74, 6) is 0.0939. The van der Waals surface area contributed by atoms with Gasteiger partial charge in [-0.25, -0.2) is 4.68 Å². The summed E-state index contributed by atoms with van der Waals surface area (Å²) in [5, 5.41) is 5.79. The van der Waals surface area contributed by atoms with Crippen LogP contribution in [0.1, 0.15) is 31.7 Å². The highest BCUT2D eigenvalue weighted by Gasteiger charge is 2.30. The van der Waals surface area contributed by atoms with E-state index in [-0.39, 0.29) is 11.7 Å².